The Morgan fingerprint density at radius 2 is 2.00 bits per heavy atom. The number of amides is 1. The number of carbonyl (C=O) groups is 1. The minimum Gasteiger partial charge on any atom is -0.444 e. The zero-order chi connectivity index (χ0) is 17.3. The van der Waals surface area contributed by atoms with Crippen molar-refractivity contribution in [2.75, 3.05) is 13.1 Å². The van der Waals surface area contributed by atoms with Crippen LogP contribution in [0, 0.1) is 17.1 Å². The molecule has 124 valence electrons. The molecule has 0 atom stereocenters. The standard InChI is InChI=1S/C17H20BrFN2O2/c1-16(2,3)23-15(22)21-8-6-17(11-20,7-9-21)13-10-12(19)4-5-14(13)18/h4-5,10H,6-9H2,1-3H3. The predicted molar refractivity (Wildman–Crippen MR) is 88.4 cm³/mol. The average molecular weight is 383 g/mol. The molecule has 1 saturated heterocycles. The molecule has 0 aliphatic carbocycles. The summed E-state index contributed by atoms with van der Waals surface area (Å²) in [4.78, 5) is 13.7. The van der Waals surface area contributed by atoms with Crippen molar-refractivity contribution in [1.29, 1.82) is 5.26 Å². The smallest absolute Gasteiger partial charge is 0.410 e. The van der Waals surface area contributed by atoms with Crippen molar-refractivity contribution >= 4 is 22.0 Å². The maximum Gasteiger partial charge on any atom is 0.410 e. The summed E-state index contributed by atoms with van der Waals surface area (Å²) in [5, 5.41) is 9.69. The molecule has 6 heteroatoms. The molecule has 23 heavy (non-hydrogen) atoms. The van der Waals surface area contributed by atoms with E-state index in [4.69, 9.17) is 4.74 Å². The molecule has 0 saturated carbocycles. The van der Waals surface area contributed by atoms with E-state index in [1.54, 1.807) is 11.0 Å². The minimum atomic E-state index is -0.792. The van der Waals surface area contributed by atoms with Crippen LogP contribution < -0.4 is 0 Å². The van der Waals surface area contributed by atoms with Crippen molar-refractivity contribution < 1.29 is 13.9 Å². The van der Waals surface area contributed by atoms with E-state index in [0.717, 1.165) is 0 Å². The highest BCUT2D eigenvalue weighted by atomic mass is 79.9. The van der Waals surface area contributed by atoms with Gasteiger partial charge in [0.2, 0.25) is 0 Å². The van der Waals surface area contributed by atoms with Gasteiger partial charge in [0.1, 0.15) is 11.4 Å². The van der Waals surface area contributed by atoms with Gasteiger partial charge in [0.25, 0.3) is 0 Å². The van der Waals surface area contributed by atoms with Crippen LogP contribution in [0.2, 0.25) is 0 Å². The number of likely N-dealkylation sites (tertiary alicyclic amines) is 1. The molecule has 0 unspecified atom stereocenters. The first-order valence-electron chi connectivity index (χ1n) is 7.52. The van der Waals surface area contributed by atoms with Crippen molar-refractivity contribution in [2.45, 2.75) is 44.6 Å². The molecular formula is C17H20BrFN2O2. The monoisotopic (exact) mass is 382 g/mol. The van der Waals surface area contributed by atoms with Crippen molar-refractivity contribution in [2.24, 2.45) is 0 Å². The van der Waals surface area contributed by atoms with Crippen LogP contribution in [0.15, 0.2) is 22.7 Å². The molecule has 0 aromatic heterocycles. The Bertz CT molecular complexity index is 641. The molecule has 1 heterocycles. The van der Waals surface area contributed by atoms with E-state index >= 15 is 0 Å². The number of hydrogen-bond donors (Lipinski definition) is 0. The van der Waals surface area contributed by atoms with Gasteiger partial charge in [0.15, 0.2) is 0 Å². The van der Waals surface area contributed by atoms with Crippen molar-refractivity contribution in [1.82, 2.24) is 4.90 Å². The van der Waals surface area contributed by atoms with Crippen LogP contribution in [0.5, 0.6) is 0 Å². The maximum atomic E-state index is 13.6. The van der Waals surface area contributed by atoms with Crippen LogP contribution in [0.1, 0.15) is 39.2 Å². The van der Waals surface area contributed by atoms with Crippen LogP contribution in [0.25, 0.3) is 0 Å². The number of ether oxygens (including phenoxy) is 1. The SMILES string of the molecule is CC(C)(C)OC(=O)N1CCC(C#N)(c2cc(F)ccc2Br)CC1. The van der Waals surface area contributed by atoms with Gasteiger partial charge in [-0.1, -0.05) is 15.9 Å². The summed E-state index contributed by atoms with van der Waals surface area (Å²) in [5.41, 5.74) is -0.699. The molecule has 1 aliphatic rings. The highest BCUT2D eigenvalue weighted by Gasteiger charge is 2.40. The van der Waals surface area contributed by atoms with Crippen LogP contribution in [0.3, 0.4) is 0 Å². The Hall–Kier alpha value is -1.61. The second-order valence-electron chi connectivity index (χ2n) is 6.79. The lowest BCUT2D eigenvalue weighted by Crippen LogP contribution is -2.46. The molecule has 1 aliphatic heterocycles. The highest BCUT2D eigenvalue weighted by Crippen LogP contribution is 2.39. The van der Waals surface area contributed by atoms with Crippen molar-refractivity contribution in [3.63, 3.8) is 0 Å². The first kappa shape index (κ1) is 17.7. The number of nitriles is 1. The van der Waals surface area contributed by atoms with Gasteiger partial charge >= 0.3 is 6.09 Å². The second-order valence-corrected chi connectivity index (χ2v) is 7.64. The van der Waals surface area contributed by atoms with Crippen LogP contribution >= 0.6 is 15.9 Å². The van der Waals surface area contributed by atoms with E-state index in [0.29, 0.717) is 36.0 Å². The number of carbonyl (C=O) groups excluding carboxylic acids is 1. The number of rotatable bonds is 1. The predicted octanol–water partition coefficient (Wildman–Crippen LogP) is 4.38. The molecule has 2 rings (SSSR count). The van der Waals surface area contributed by atoms with E-state index in [2.05, 4.69) is 22.0 Å². The lowest BCUT2D eigenvalue weighted by molar-refractivity contribution is 0.0185. The number of piperidine rings is 1. The summed E-state index contributed by atoms with van der Waals surface area (Å²) in [6, 6.07) is 6.70. The second kappa shape index (κ2) is 6.48. The average Bonchev–Trinajstić information content (AvgIpc) is 2.48. The minimum absolute atomic E-state index is 0.368. The quantitative estimate of drug-likeness (QED) is 0.723. The number of nitrogens with zero attached hydrogens (tertiary/aromatic N) is 2. The van der Waals surface area contributed by atoms with E-state index in [1.807, 2.05) is 20.8 Å². The Kier molecular flexibility index (Phi) is 5.00. The fraction of sp³-hybridized carbons (Fsp3) is 0.529. The topological polar surface area (TPSA) is 53.3 Å². The lowest BCUT2D eigenvalue weighted by atomic mass is 9.74. The molecule has 1 aromatic carbocycles. The van der Waals surface area contributed by atoms with Gasteiger partial charge in [-0.2, -0.15) is 5.26 Å². The third-order valence-corrected chi connectivity index (χ3v) is 4.62. The van der Waals surface area contributed by atoms with Gasteiger partial charge < -0.3 is 9.64 Å². The molecule has 0 radical (unpaired) electrons. The maximum absolute atomic E-state index is 13.6. The molecule has 1 amide bonds. The zero-order valence-corrected chi connectivity index (χ0v) is 15.1. The van der Waals surface area contributed by atoms with Gasteiger partial charge in [-0.25, -0.2) is 9.18 Å². The zero-order valence-electron chi connectivity index (χ0n) is 13.5. The molecule has 4 nitrogen and oxygen atoms in total. The molecule has 1 fully saturated rings. The summed E-state index contributed by atoms with van der Waals surface area (Å²) in [6.07, 6.45) is 0.526. The third kappa shape index (κ3) is 4.03. The summed E-state index contributed by atoms with van der Waals surface area (Å²) in [5.74, 6) is -0.368. The van der Waals surface area contributed by atoms with Gasteiger partial charge in [0, 0.05) is 17.6 Å². The fourth-order valence-electron chi connectivity index (χ4n) is 2.70. The lowest BCUT2D eigenvalue weighted by Gasteiger charge is -2.38. The van der Waals surface area contributed by atoms with Crippen molar-refractivity contribution in [3.05, 3.63) is 34.1 Å². The van der Waals surface area contributed by atoms with E-state index in [1.165, 1.54) is 12.1 Å². The van der Waals surface area contributed by atoms with E-state index in [9.17, 15) is 14.4 Å². The number of hydrogen-bond acceptors (Lipinski definition) is 3. The van der Waals surface area contributed by atoms with Crippen LogP contribution in [0.4, 0.5) is 9.18 Å². The number of benzene rings is 1. The summed E-state index contributed by atoms with van der Waals surface area (Å²) < 4.78 is 19.7. The normalized spacial score (nSPS) is 17.5. The summed E-state index contributed by atoms with van der Waals surface area (Å²) >= 11 is 3.40. The molecule has 0 N–H and O–H groups in total. The highest BCUT2D eigenvalue weighted by molar-refractivity contribution is 9.10. The van der Waals surface area contributed by atoms with Crippen LogP contribution in [-0.4, -0.2) is 29.7 Å². The summed E-state index contributed by atoms with van der Waals surface area (Å²) in [6.45, 7) is 6.27. The van der Waals surface area contributed by atoms with Crippen LogP contribution in [-0.2, 0) is 10.2 Å². The van der Waals surface area contributed by atoms with E-state index in [-0.39, 0.29) is 11.9 Å². The molecule has 1 aromatic rings. The van der Waals surface area contributed by atoms with Gasteiger partial charge in [-0.3, -0.25) is 0 Å². The van der Waals surface area contributed by atoms with Gasteiger partial charge in [-0.05, 0) is 57.4 Å². The first-order chi connectivity index (χ1) is 10.7. The molecular weight excluding hydrogens is 363 g/mol. The first-order valence-corrected chi connectivity index (χ1v) is 8.31. The van der Waals surface area contributed by atoms with E-state index < -0.39 is 11.0 Å². The third-order valence-electron chi connectivity index (χ3n) is 3.93. The molecule has 0 spiro atoms. The summed E-state index contributed by atoms with van der Waals surface area (Å²) in [7, 11) is 0. The Morgan fingerprint density at radius 1 is 1.39 bits per heavy atom. The van der Waals surface area contributed by atoms with Gasteiger partial charge in [-0.15, -0.1) is 0 Å². The Labute approximate surface area is 144 Å². The Morgan fingerprint density at radius 3 is 2.52 bits per heavy atom. The molecule has 0 bridgehead atoms. The largest absolute Gasteiger partial charge is 0.444 e. The van der Waals surface area contributed by atoms with Crippen molar-refractivity contribution in [3.8, 4) is 6.07 Å². The number of halogens is 2. The fourth-order valence-corrected chi connectivity index (χ4v) is 3.33. The van der Waals surface area contributed by atoms with Gasteiger partial charge in [0.05, 0.1) is 11.5 Å². The Balaban J connectivity index is 2.16.